The molecule has 0 nitrogen and oxygen atoms in total. The molecule has 0 bridgehead atoms. The van der Waals surface area contributed by atoms with Gasteiger partial charge in [0, 0.05) is 42.5 Å². The molecule has 0 saturated heterocycles. The van der Waals surface area contributed by atoms with E-state index in [9.17, 15) is 0 Å². The second-order valence-electron chi connectivity index (χ2n) is 6.31. The molecule has 0 aliphatic heterocycles. The molecule has 0 aromatic heterocycles. The summed E-state index contributed by atoms with van der Waals surface area (Å²) in [6.45, 7) is 9.55. The first-order valence-electron chi connectivity index (χ1n) is 8.39. The van der Waals surface area contributed by atoms with E-state index in [4.69, 9.17) is 0 Å². The van der Waals surface area contributed by atoms with Crippen LogP contribution in [0.15, 0.2) is 84.9 Å². The zero-order valence-electron chi connectivity index (χ0n) is 16.4. The second kappa shape index (κ2) is 15.5. The maximum absolute atomic E-state index is 2.39. The van der Waals surface area contributed by atoms with Gasteiger partial charge in [-0.2, -0.15) is 35.0 Å². The molecule has 4 aromatic carbocycles. The molecule has 0 unspecified atom stereocenters. The number of halogens is 2. The second-order valence-corrected chi connectivity index (χ2v) is 16.3. The van der Waals surface area contributed by atoms with Crippen molar-refractivity contribution in [3.05, 3.63) is 84.9 Å². The fourth-order valence-electron chi connectivity index (χ4n) is 2.14. The number of hydrogen-bond acceptors (Lipinski definition) is 0. The van der Waals surface area contributed by atoms with Crippen molar-refractivity contribution in [3.8, 4) is 0 Å². The van der Waals surface area contributed by atoms with Crippen molar-refractivity contribution in [2.45, 2.75) is 26.2 Å². The van der Waals surface area contributed by atoms with Crippen LogP contribution in [-0.2, 0) is 25.8 Å². The summed E-state index contributed by atoms with van der Waals surface area (Å²) in [4.78, 5) is 0. The van der Waals surface area contributed by atoms with Gasteiger partial charge in [0.05, 0.1) is 0 Å². The van der Waals surface area contributed by atoms with Crippen molar-refractivity contribution in [3.63, 3.8) is 0 Å². The summed E-state index contributed by atoms with van der Waals surface area (Å²) in [5.41, 5.74) is 0. The molecule has 4 rings (SSSR count). The van der Waals surface area contributed by atoms with E-state index in [-0.39, 0.29) is 67.3 Å². The number of fused-ring (bicyclic) bond motifs is 2. The summed E-state index contributed by atoms with van der Waals surface area (Å²) in [5.74, 6) is 0. The van der Waals surface area contributed by atoms with Gasteiger partial charge in [-0.3, -0.25) is 0 Å². The molecule has 0 saturated carbocycles. The van der Waals surface area contributed by atoms with Crippen LogP contribution in [0, 0.1) is 0 Å². The van der Waals surface area contributed by atoms with Gasteiger partial charge in [-0.05, 0) is 0 Å². The summed E-state index contributed by atoms with van der Waals surface area (Å²) >= 11 is 0. The Morgan fingerprint density at radius 2 is 0.889 bits per heavy atom. The van der Waals surface area contributed by atoms with E-state index in [1.807, 2.05) is 0 Å². The van der Waals surface area contributed by atoms with Gasteiger partial charge in [-0.1, -0.05) is 38.3 Å². The fraction of sp³-hybridized carbons (Fsp3) is 0.182. The Morgan fingerprint density at radius 1 is 0.556 bits per heavy atom. The van der Waals surface area contributed by atoms with Crippen LogP contribution < -0.4 is 0 Å². The van der Waals surface area contributed by atoms with E-state index in [0.29, 0.717) is 0 Å². The standard InChI is InChI=1S/2C9H7.C4H12Si2.2ClH.Hf/c2*1-2-5-9-7-3-6-8(9)4-1;1-5(2)6(3)4;;;/h2*1-7H;1-4H3;2*1H;/q2*-1;;;;. The van der Waals surface area contributed by atoms with Crippen molar-refractivity contribution >= 4 is 63.0 Å². The van der Waals surface area contributed by atoms with E-state index in [1.165, 1.54) is 21.5 Å². The molecule has 0 heterocycles. The fourth-order valence-corrected chi connectivity index (χ4v) is 2.14. The van der Waals surface area contributed by atoms with Crippen molar-refractivity contribution in [1.29, 1.82) is 0 Å². The van der Waals surface area contributed by atoms with Crippen LogP contribution in [0.5, 0.6) is 0 Å². The Bertz CT molecular complexity index is 721. The van der Waals surface area contributed by atoms with Crippen LogP contribution in [0.4, 0.5) is 0 Å². The van der Waals surface area contributed by atoms with Crippen molar-refractivity contribution < 1.29 is 25.8 Å². The molecule has 4 aromatic rings. The molecule has 0 aliphatic carbocycles. The van der Waals surface area contributed by atoms with Crippen LogP contribution in [-0.4, -0.2) is 16.6 Å². The van der Waals surface area contributed by atoms with E-state index in [0.717, 1.165) is 0 Å². The zero-order valence-corrected chi connectivity index (χ0v) is 23.6. The molecule has 0 N–H and O–H groups in total. The first-order chi connectivity index (χ1) is 11.6. The maximum atomic E-state index is 2.39. The summed E-state index contributed by atoms with van der Waals surface area (Å²) < 4.78 is 0. The average molecular weight is 598 g/mol. The minimum absolute atomic E-state index is 0. The van der Waals surface area contributed by atoms with Crippen LogP contribution in [0.2, 0.25) is 26.2 Å². The van der Waals surface area contributed by atoms with E-state index in [2.05, 4.69) is 111 Å². The summed E-state index contributed by atoms with van der Waals surface area (Å²) in [6, 6.07) is 29.3. The molecule has 0 amide bonds. The van der Waals surface area contributed by atoms with Crippen LogP contribution in [0.25, 0.3) is 21.5 Å². The molecule has 0 spiro atoms. The topological polar surface area (TPSA) is 0 Å². The van der Waals surface area contributed by atoms with Crippen molar-refractivity contribution in [2.24, 2.45) is 0 Å². The van der Waals surface area contributed by atoms with Gasteiger partial charge in [0.1, 0.15) is 0 Å². The molecule has 27 heavy (non-hydrogen) atoms. The number of rotatable bonds is 1. The number of hydrogen-bond donors (Lipinski definition) is 0. The third-order valence-corrected chi connectivity index (χ3v) is 12.1. The molecule has 144 valence electrons. The Kier molecular flexibility index (Phi) is 16.5. The van der Waals surface area contributed by atoms with E-state index in [1.54, 1.807) is 0 Å². The van der Waals surface area contributed by atoms with Gasteiger partial charge in [-0.15, -0.1) is 84.1 Å². The first-order valence-corrected chi connectivity index (χ1v) is 14.4. The predicted octanol–water partition coefficient (Wildman–Crippen LogP) is 7.53. The normalized spacial score (nSPS) is 9.26. The molecule has 0 atom stereocenters. The Balaban J connectivity index is 0. The van der Waals surface area contributed by atoms with Gasteiger partial charge in [0.25, 0.3) is 0 Å². The molecule has 5 heteroatoms. The monoisotopic (exact) mass is 598 g/mol. The SMILES string of the molecule is C[Si](C)[Si](C)C.Cl.Cl.[Hf].c1ccc2[cH-]ccc2c1.c1ccc2[cH-]ccc2c1. The minimum Gasteiger partial charge on any atom is -0.168 e. The van der Waals surface area contributed by atoms with Gasteiger partial charge in [0.2, 0.25) is 0 Å². The van der Waals surface area contributed by atoms with Gasteiger partial charge < -0.3 is 0 Å². The number of benzene rings is 2. The Hall–Kier alpha value is -0.456. The van der Waals surface area contributed by atoms with Crippen molar-refractivity contribution in [2.75, 3.05) is 0 Å². The van der Waals surface area contributed by atoms with E-state index >= 15 is 0 Å². The molecular weight excluding hydrogens is 570 g/mol. The summed E-state index contributed by atoms with van der Waals surface area (Å²) in [5, 5.41) is 5.32. The third kappa shape index (κ3) is 10.0. The molecule has 0 fully saturated rings. The summed E-state index contributed by atoms with van der Waals surface area (Å²) in [7, 11) is 0.300. The van der Waals surface area contributed by atoms with Crippen LogP contribution >= 0.6 is 24.8 Å². The zero-order chi connectivity index (χ0) is 17.4. The van der Waals surface area contributed by atoms with Crippen LogP contribution in [0.3, 0.4) is 0 Å². The predicted molar refractivity (Wildman–Crippen MR) is 129 cm³/mol. The minimum atomic E-state index is 0. The van der Waals surface area contributed by atoms with Gasteiger partial charge in [-0.25, -0.2) is 0 Å². The third-order valence-electron chi connectivity index (χ3n) is 4.10. The van der Waals surface area contributed by atoms with Gasteiger partial charge in [0.15, 0.2) is 0 Å². The van der Waals surface area contributed by atoms with Crippen molar-refractivity contribution in [1.82, 2.24) is 0 Å². The average Bonchev–Trinajstić information content (AvgIpc) is 3.24. The largest absolute Gasteiger partial charge is 0.168 e. The Labute approximate surface area is 198 Å². The first kappa shape index (κ1) is 28.8. The molecule has 2 radical (unpaired) electrons. The molecule has 0 aliphatic rings. The summed E-state index contributed by atoms with van der Waals surface area (Å²) in [6.07, 6.45) is 0. The Morgan fingerprint density at radius 3 is 1.19 bits per heavy atom. The van der Waals surface area contributed by atoms with Gasteiger partial charge >= 0.3 is 0 Å². The molecular formula is C22H28Cl2HfSi2-2. The smallest absolute Gasteiger partial charge is 0.0307 e. The van der Waals surface area contributed by atoms with E-state index < -0.39 is 0 Å². The maximum Gasteiger partial charge on any atom is 0.0307 e. The quantitative estimate of drug-likeness (QED) is 0.157. The van der Waals surface area contributed by atoms with Crippen LogP contribution in [0.1, 0.15) is 0 Å².